The number of thioether (sulfide) groups is 2. The predicted molar refractivity (Wildman–Crippen MR) is 112 cm³/mol. The van der Waals surface area contributed by atoms with Gasteiger partial charge in [0.1, 0.15) is 0 Å². The maximum atomic E-state index is 12.4. The van der Waals surface area contributed by atoms with Crippen molar-refractivity contribution in [2.45, 2.75) is 52.6 Å². The molecule has 11 heteroatoms. The Morgan fingerprint density at radius 2 is 1.78 bits per heavy atom. The van der Waals surface area contributed by atoms with Crippen LogP contribution in [-0.2, 0) is 14.8 Å². The van der Waals surface area contributed by atoms with Gasteiger partial charge in [0.25, 0.3) is 0 Å². The summed E-state index contributed by atoms with van der Waals surface area (Å²) in [6.07, 6.45) is 0. The van der Waals surface area contributed by atoms with Gasteiger partial charge in [0.15, 0.2) is 8.68 Å². The number of anilines is 1. The Kier molecular flexibility index (Phi) is 8.10. The summed E-state index contributed by atoms with van der Waals surface area (Å²) < 4.78 is 28.4. The Labute approximate surface area is 172 Å². The minimum atomic E-state index is -3.55. The van der Waals surface area contributed by atoms with E-state index in [1.54, 1.807) is 44.7 Å². The summed E-state index contributed by atoms with van der Waals surface area (Å²) in [4.78, 5) is 12.5. The second kappa shape index (κ2) is 9.87. The van der Waals surface area contributed by atoms with Crippen LogP contribution in [0, 0.1) is 0 Å². The maximum absolute atomic E-state index is 12.4. The Bertz CT molecular complexity index is 866. The lowest BCUT2D eigenvalue weighted by atomic mass is 10.3. The van der Waals surface area contributed by atoms with Crippen molar-refractivity contribution in [3.05, 3.63) is 24.3 Å². The van der Waals surface area contributed by atoms with Gasteiger partial charge in [0, 0.05) is 11.7 Å². The number of rotatable bonds is 9. The molecule has 1 heterocycles. The van der Waals surface area contributed by atoms with Gasteiger partial charge in [-0.1, -0.05) is 41.8 Å². The fourth-order valence-corrected chi connectivity index (χ4v) is 6.28. The minimum Gasteiger partial charge on any atom is -0.325 e. The monoisotopic (exact) mass is 446 g/mol. The molecule has 0 bridgehead atoms. The minimum absolute atomic E-state index is 0.159. The van der Waals surface area contributed by atoms with Crippen molar-refractivity contribution in [3.8, 4) is 0 Å². The number of nitrogens with one attached hydrogen (secondary N) is 2. The molecule has 0 aliphatic rings. The molecule has 0 unspecified atom stereocenters. The van der Waals surface area contributed by atoms with E-state index in [0.717, 1.165) is 14.4 Å². The standard InChI is InChI=1S/C16H22N4O3S4/c1-5-24-15-18-19-16(26-15)25-11(4)14(21)17-12-6-8-13(9-7-12)27(22,23)20-10(2)3/h6-11,20H,5H2,1-4H3,(H,17,21)/t11-/m1/s1. The molecule has 0 aliphatic carbocycles. The Balaban J connectivity index is 1.96. The van der Waals surface area contributed by atoms with Crippen molar-refractivity contribution >= 4 is 56.5 Å². The van der Waals surface area contributed by atoms with Crippen molar-refractivity contribution < 1.29 is 13.2 Å². The average Bonchev–Trinajstić information content (AvgIpc) is 3.01. The average molecular weight is 447 g/mol. The molecule has 1 aromatic heterocycles. The molecule has 2 aromatic rings. The molecule has 0 aliphatic heterocycles. The number of nitrogens with zero attached hydrogens (tertiary/aromatic N) is 2. The number of hydrogen-bond donors (Lipinski definition) is 2. The van der Waals surface area contributed by atoms with Crippen molar-refractivity contribution in [2.75, 3.05) is 11.1 Å². The zero-order valence-electron chi connectivity index (χ0n) is 15.4. The molecule has 0 saturated carbocycles. The number of sulfonamides is 1. The normalized spacial score (nSPS) is 12.9. The maximum Gasteiger partial charge on any atom is 0.240 e. The lowest BCUT2D eigenvalue weighted by Gasteiger charge is -2.12. The molecule has 0 fully saturated rings. The SMILES string of the molecule is CCSc1nnc(S[C@H](C)C(=O)Nc2ccc(S(=O)(=O)NC(C)C)cc2)s1. The van der Waals surface area contributed by atoms with Gasteiger partial charge in [-0.15, -0.1) is 10.2 Å². The smallest absolute Gasteiger partial charge is 0.240 e. The van der Waals surface area contributed by atoms with Crippen LogP contribution in [0.1, 0.15) is 27.7 Å². The number of carbonyl (C=O) groups excluding carboxylic acids is 1. The van der Waals surface area contributed by atoms with Crippen LogP contribution in [0.3, 0.4) is 0 Å². The third-order valence-corrected chi connectivity index (χ3v) is 7.92. The van der Waals surface area contributed by atoms with E-state index in [-0.39, 0.29) is 22.1 Å². The second-order valence-electron chi connectivity index (χ2n) is 5.82. The molecule has 0 spiro atoms. The number of hydrogen-bond acceptors (Lipinski definition) is 8. The Morgan fingerprint density at radius 3 is 2.37 bits per heavy atom. The molecule has 2 N–H and O–H groups in total. The molecule has 2 rings (SSSR count). The van der Waals surface area contributed by atoms with Gasteiger partial charge in [0.05, 0.1) is 10.1 Å². The van der Waals surface area contributed by atoms with Gasteiger partial charge in [0.2, 0.25) is 15.9 Å². The highest BCUT2D eigenvalue weighted by Crippen LogP contribution is 2.31. The lowest BCUT2D eigenvalue weighted by molar-refractivity contribution is -0.115. The third-order valence-electron chi connectivity index (χ3n) is 3.13. The summed E-state index contributed by atoms with van der Waals surface area (Å²) in [7, 11) is -3.55. The number of aromatic nitrogens is 2. The van der Waals surface area contributed by atoms with Crippen LogP contribution in [0.15, 0.2) is 37.8 Å². The highest BCUT2D eigenvalue weighted by Gasteiger charge is 2.19. The molecule has 148 valence electrons. The van der Waals surface area contributed by atoms with Gasteiger partial charge < -0.3 is 5.32 Å². The zero-order chi connectivity index (χ0) is 20.0. The summed E-state index contributed by atoms with van der Waals surface area (Å²) in [5.74, 6) is 0.740. The van der Waals surface area contributed by atoms with Crippen LogP contribution in [0.5, 0.6) is 0 Å². The highest BCUT2D eigenvalue weighted by atomic mass is 32.2. The fourth-order valence-electron chi connectivity index (χ4n) is 1.97. The highest BCUT2D eigenvalue weighted by molar-refractivity contribution is 8.03. The third kappa shape index (κ3) is 6.75. The van der Waals surface area contributed by atoms with Crippen LogP contribution in [0.4, 0.5) is 5.69 Å². The summed E-state index contributed by atoms with van der Waals surface area (Å²) in [5.41, 5.74) is 0.537. The van der Waals surface area contributed by atoms with Gasteiger partial charge in [-0.05, 0) is 50.8 Å². The zero-order valence-corrected chi connectivity index (χ0v) is 18.7. The lowest BCUT2D eigenvalue weighted by Crippen LogP contribution is -2.30. The number of benzene rings is 1. The van der Waals surface area contributed by atoms with E-state index >= 15 is 0 Å². The van der Waals surface area contributed by atoms with Gasteiger partial charge in [-0.2, -0.15) is 0 Å². The summed E-state index contributed by atoms with van der Waals surface area (Å²) in [6.45, 7) is 7.35. The first-order valence-corrected chi connectivity index (χ1v) is 12.4. The Morgan fingerprint density at radius 1 is 1.15 bits per heavy atom. The van der Waals surface area contributed by atoms with E-state index in [4.69, 9.17) is 0 Å². The van der Waals surface area contributed by atoms with Crippen molar-refractivity contribution in [1.29, 1.82) is 0 Å². The van der Waals surface area contributed by atoms with E-state index < -0.39 is 10.0 Å². The van der Waals surface area contributed by atoms with Crippen LogP contribution < -0.4 is 10.0 Å². The summed E-state index contributed by atoms with van der Waals surface area (Å²) in [5, 5.41) is 10.6. The molecule has 0 radical (unpaired) electrons. The number of amides is 1. The summed E-state index contributed by atoms with van der Waals surface area (Å²) in [6, 6.07) is 5.90. The van der Waals surface area contributed by atoms with Crippen LogP contribution in [-0.4, -0.2) is 41.6 Å². The van der Waals surface area contributed by atoms with E-state index in [9.17, 15) is 13.2 Å². The van der Waals surface area contributed by atoms with Crippen LogP contribution in [0.2, 0.25) is 0 Å². The quantitative estimate of drug-likeness (QED) is 0.569. The van der Waals surface area contributed by atoms with Crippen molar-refractivity contribution in [1.82, 2.24) is 14.9 Å². The molecular weight excluding hydrogens is 424 g/mol. The molecule has 0 saturated heterocycles. The van der Waals surface area contributed by atoms with Gasteiger partial charge >= 0.3 is 0 Å². The molecule has 7 nitrogen and oxygen atoms in total. The number of carbonyl (C=O) groups is 1. The largest absolute Gasteiger partial charge is 0.325 e. The molecule has 1 amide bonds. The van der Waals surface area contributed by atoms with E-state index in [2.05, 4.69) is 20.2 Å². The van der Waals surface area contributed by atoms with E-state index in [1.165, 1.54) is 35.2 Å². The first-order chi connectivity index (χ1) is 12.7. The van der Waals surface area contributed by atoms with Gasteiger partial charge in [-0.25, -0.2) is 13.1 Å². The Hall–Kier alpha value is -1.14. The topological polar surface area (TPSA) is 101 Å². The summed E-state index contributed by atoms with van der Waals surface area (Å²) >= 11 is 4.43. The molecule has 1 atom stereocenters. The van der Waals surface area contributed by atoms with Crippen molar-refractivity contribution in [3.63, 3.8) is 0 Å². The van der Waals surface area contributed by atoms with Gasteiger partial charge in [-0.3, -0.25) is 4.79 Å². The van der Waals surface area contributed by atoms with E-state index in [1.807, 2.05) is 6.92 Å². The van der Waals surface area contributed by atoms with Crippen LogP contribution >= 0.6 is 34.9 Å². The first kappa shape index (κ1) is 22.2. The van der Waals surface area contributed by atoms with Crippen LogP contribution in [0.25, 0.3) is 0 Å². The van der Waals surface area contributed by atoms with E-state index in [0.29, 0.717) is 5.69 Å². The fraction of sp³-hybridized carbons (Fsp3) is 0.438. The molecular formula is C16H22N4O3S4. The second-order valence-corrected chi connectivity index (χ2v) is 11.6. The first-order valence-electron chi connectivity index (χ1n) is 8.27. The predicted octanol–water partition coefficient (Wildman–Crippen LogP) is 3.46. The van der Waals surface area contributed by atoms with Crippen molar-refractivity contribution in [2.24, 2.45) is 0 Å². The molecule has 27 heavy (non-hydrogen) atoms. The molecule has 1 aromatic carbocycles.